The predicted octanol–water partition coefficient (Wildman–Crippen LogP) is 2.59. The fourth-order valence-electron chi connectivity index (χ4n) is 3.80. The molecule has 1 aliphatic rings. The summed E-state index contributed by atoms with van der Waals surface area (Å²) in [5, 5.41) is 6.81. The van der Waals surface area contributed by atoms with E-state index >= 15 is 0 Å². The van der Waals surface area contributed by atoms with Crippen molar-refractivity contribution in [3.05, 3.63) is 35.9 Å². The van der Waals surface area contributed by atoms with Crippen LogP contribution < -0.4 is 10.6 Å². The summed E-state index contributed by atoms with van der Waals surface area (Å²) >= 11 is 0. The van der Waals surface area contributed by atoms with Gasteiger partial charge in [-0.1, -0.05) is 44.2 Å². The number of hydrogen-bond donors (Lipinski definition) is 2. The first-order valence-electron chi connectivity index (χ1n) is 10.6. The monoisotopic (exact) mass is 515 g/mol. The van der Waals surface area contributed by atoms with E-state index in [1.54, 1.807) is 7.05 Å². The average molecular weight is 515 g/mol. The van der Waals surface area contributed by atoms with Gasteiger partial charge in [0.1, 0.15) is 0 Å². The van der Waals surface area contributed by atoms with E-state index in [9.17, 15) is 4.79 Å². The third-order valence-electron chi connectivity index (χ3n) is 5.59. The molecule has 164 valence electrons. The predicted molar refractivity (Wildman–Crippen MR) is 132 cm³/mol. The molecule has 0 spiro atoms. The van der Waals surface area contributed by atoms with Crippen LogP contribution in [0.25, 0.3) is 0 Å². The van der Waals surface area contributed by atoms with Gasteiger partial charge in [0.25, 0.3) is 0 Å². The molecule has 0 saturated carbocycles. The molecule has 1 fully saturated rings. The van der Waals surface area contributed by atoms with Gasteiger partial charge in [-0.2, -0.15) is 0 Å². The molecule has 1 aromatic carbocycles. The largest absolute Gasteiger partial charge is 0.356 e. The van der Waals surface area contributed by atoms with Gasteiger partial charge in [0.15, 0.2) is 5.96 Å². The molecular formula is C22H38IN5O. The summed E-state index contributed by atoms with van der Waals surface area (Å²) in [7, 11) is 1.80. The maximum Gasteiger partial charge on any atom is 0.223 e. The Bertz CT molecular complexity index is 621. The van der Waals surface area contributed by atoms with E-state index in [0.717, 1.165) is 51.6 Å². The van der Waals surface area contributed by atoms with E-state index < -0.39 is 0 Å². The van der Waals surface area contributed by atoms with E-state index in [4.69, 9.17) is 0 Å². The van der Waals surface area contributed by atoms with Crippen molar-refractivity contribution in [2.45, 2.75) is 39.7 Å². The van der Waals surface area contributed by atoms with Crippen LogP contribution in [-0.4, -0.2) is 74.0 Å². The molecule has 1 saturated heterocycles. The van der Waals surface area contributed by atoms with Crippen molar-refractivity contribution in [3.63, 3.8) is 0 Å². The Morgan fingerprint density at radius 2 is 1.93 bits per heavy atom. The summed E-state index contributed by atoms with van der Waals surface area (Å²) in [6.07, 6.45) is 1.54. The fourth-order valence-corrected chi connectivity index (χ4v) is 3.80. The summed E-state index contributed by atoms with van der Waals surface area (Å²) in [6.45, 7) is 12.0. The number of amides is 1. The summed E-state index contributed by atoms with van der Waals surface area (Å²) < 4.78 is 0. The highest BCUT2D eigenvalue weighted by Gasteiger charge is 2.29. The Balaban J connectivity index is 0.00000420. The number of benzene rings is 1. The lowest BCUT2D eigenvalue weighted by molar-refractivity contribution is -0.127. The Labute approximate surface area is 193 Å². The van der Waals surface area contributed by atoms with Crippen molar-refractivity contribution in [1.29, 1.82) is 0 Å². The third-order valence-corrected chi connectivity index (χ3v) is 5.59. The first-order chi connectivity index (χ1) is 13.6. The molecule has 0 bridgehead atoms. The van der Waals surface area contributed by atoms with E-state index in [1.165, 1.54) is 5.56 Å². The number of halogens is 1. The molecule has 2 atom stereocenters. The van der Waals surface area contributed by atoms with Crippen LogP contribution >= 0.6 is 24.0 Å². The van der Waals surface area contributed by atoms with Crippen LogP contribution in [0.1, 0.15) is 32.8 Å². The van der Waals surface area contributed by atoms with Gasteiger partial charge in [0.05, 0.1) is 0 Å². The lowest BCUT2D eigenvalue weighted by atomic mass is 10.1. The lowest BCUT2D eigenvalue weighted by Gasteiger charge is -2.27. The topological polar surface area (TPSA) is 60.0 Å². The molecule has 1 heterocycles. The number of aliphatic imine (C=N–C) groups is 1. The van der Waals surface area contributed by atoms with Gasteiger partial charge in [-0.25, -0.2) is 0 Å². The average Bonchev–Trinajstić information content (AvgIpc) is 3.07. The van der Waals surface area contributed by atoms with Crippen LogP contribution in [0.2, 0.25) is 0 Å². The van der Waals surface area contributed by atoms with E-state index in [2.05, 4.69) is 53.4 Å². The first-order valence-corrected chi connectivity index (χ1v) is 10.6. The van der Waals surface area contributed by atoms with Crippen LogP contribution in [0.15, 0.2) is 35.3 Å². The summed E-state index contributed by atoms with van der Waals surface area (Å²) in [4.78, 5) is 21.1. The molecule has 1 amide bonds. The number of carbonyl (C=O) groups excluding carboxylic acids is 1. The fraction of sp³-hybridized carbons (Fsp3) is 0.636. The molecule has 1 aliphatic heterocycles. The summed E-state index contributed by atoms with van der Waals surface area (Å²) in [5.74, 6) is 1.41. The number of guanidine groups is 1. The summed E-state index contributed by atoms with van der Waals surface area (Å²) in [5.41, 5.74) is 1.28. The van der Waals surface area contributed by atoms with Gasteiger partial charge >= 0.3 is 0 Å². The standard InChI is InChI=1S/C22H37N5O.HI/c1-5-26(6-2)18(3)15-24-22(23-4)25-16-20-14-21(28)27(17-20)13-12-19-10-8-7-9-11-19;/h7-11,18,20H,5-6,12-17H2,1-4H3,(H2,23,24,25);1H. The van der Waals surface area contributed by atoms with Gasteiger partial charge in [0, 0.05) is 51.6 Å². The van der Waals surface area contributed by atoms with E-state index in [0.29, 0.717) is 18.4 Å². The zero-order valence-corrected chi connectivity index (χ0v) is 20.7. The van der Waals surface area contributed by atoms with Gasteiger partial charge in [-0.15, -0.1) is 24.0 Å². The highest BCUT2D eigenvalue weighted by Crippen LogP contribution is 2.17. The highest BCUT2D eigenvalue weighted by molar-refractivity contribution is 14.0. The number of nitrogens with one attached hydrogen (secondary N) is 2. The molecule has 7 heteroatoms. The number of likely N-dealkylation sites (N-methyl/N-ethyl adjacent to an activating group) is 1. The third kappa shape index (κ3) is 8.50. The lowest BCUT2D eigenvalue weighted by Crippen LogP contribution is -2.46. The Morgan fingerprint density at radius 3 is 2.55 bits per heavy atom. The van der Waals surface area contributed by atoms with Crippen molar-refractivity contribution in [3.8, 4) is 0 Å². The number of rotatable bonds is 10. The van der Waals surface area contributed by atoms with Crippen LogP contribution in [0.4, 0.5) is 0 Å². The van der Waals surface area contributed by atoms with Gasteiger partial charge in [0.2, 0.25) is 5.91 Å². The van der Waals surface area contributed by atoms with E-state index in [1.807, 2.05) is 23.1 Å². The van der Waals surface area contributed by atoms with Crippen LogP contribution in [0.3, 0.4) is 0 Å². The van der Waals surface area contributed by atoms with Crippen molar-refractivity contribution < 1.29 is 4.79 Å². The van der Waals surface area contributed by atoms with Crippen molar-refractivity contribution in [1.82, 2.24) is 20.4 Å². The van der Waals surface area contributed by atoms with Crippen molar-refractivity contribution in [2.24, 2.45) is 10.9 Å². The van der Waals surface area contributed by atoms with Crippen LogP contribution in [-0.2, 0) is 11.2 Å². The normalized spacial score (nSPS) is 18.0. The Hall–Kier alpha value is -1.35. The zero-order valence-electron chi connectivity index (χ0n) is 18.4. The molecule has 0 radical (unpaired) electrons. The molecule has 2 rings (SSSR count). The number of nitrogens with zero attached hydrogens (tertiary/aromatic N) is 3. The van der Waals surface area contributed by atoms with Crippen LogP contribution in [0.5, 0.6) is 0 Å². The molecule has 1 aromatic rings. The minimum atomic E-state index is 0. The molecular weight excluding hydrogens is 477 g/mol. The highest BCUT2D eigenvalue weighted by atomic mass is 127. The number of carbonyl (C=O) groups is 1. The SMILES string of the molecule is CCN(CC)C(C)CNC(=NC)NCC1CC(=O)N(CCc2ccccc2)C1.I. The second-order valence-corrected chi connectivity index (χ2v) is 7.55. The second kappa shape index (κ2) is 13.8. The number of likely N-dealkylation sites (tertiary alicyclic amines) is 1. The molecule has 29 heavy (non-hydrogen) atoms. The molecule has 6 nitrogen and oxygen atoms in total. The van der Waals surface area contributed by atoms with Crippen molar-refractivity contribution in [2.75, 3.05) is 46.3 Å². The maximum absolute atomic E-state index is 12.3. The van der Waals surface area contributed by atoms with E-state index in [-0.39, 0.29) is 29.9 Å². The maximum atomic E-state index is 12.3. The van der Waals surface area contributed by atoms with Gasteiger partial charge in [-0.3, -0.25) is 14.7 Å². The van der Waals surface area contributed by atoms with Crippen LogP contribution in [0, 0.1) is 5.92 Å². The van der Waals surface area contributed by atoms with Gasteiger partial charge < -0.3 is 15.5 Å². The van der Waals surface area contributed by atoms with Gasteiger partial charge in [-0.05, 0) is 32.0 Å². The zero-order chi connectivity index (χ0) is 20.4. The number of hydrogen-bond acceptors (Lipinski definition) is 3. The first kappa shape index (κ1) is 25.7. The second-order valence-electron chi connectivity index (χ2n) is 7.55. The summed E-state index contributed by atoms with van der Waals surface area (Å²) in [6, 6.07) is 10.8. The Kier molecular flexibility index (Phi) is 12.2. The Morgan fingerprint density at radius 1 is 1.24 bits per heavy atom. The molecule has 2 N–H and O–H groups in total. The molecule has 2 unspecified atom stereocenters. The quantitative estimate of drug-likeness (QED) is 0.286. The smallest absolute Gasteiger partial charge is 0.223 e. The molecule has 0 aromatic heterocycles. The minimum absolute atomic E-state index is 0. The minimum Gasteiger partial charge on any atom is -0.356 e. The molecule has 0 aliphatic carbocycles. The van der Waals surface area contributed by atoms with Crippen molar-refractivity contribution >= 4 is 35.8 Å².